The van der Waals surface area contributed by atoms with Crippen molar-refractivity contribution < 1.29 is 14.3 Å². The van der Waals surface area contributed by atoms with Crippen LogP contribution in [0.15, 0.2) is 0 Å². The number of ether oxygens (including phenoxy) is 1. The molecule has 1 fully saturated rings. The molecule has 1 aromatic rings. The Morgan fingerprint density at radius 3 is 2.50 bits per heavy atom. The second-order valence-corrected chi connectivity index (χ2v) is 3.71. The fourth-order valence-corrected chi connectivity index (χ4v) is 1.70. The van der Waals surface area contributed by atoms with Gasteiger partial charge in [0.1, 0.15) is 0 Å². The van der Waals surface area contributed by atoms with Crippen molar-refractivity contribution in [3.05, 3.63) is 5.82 Å². The van der Waals surface area contributed by atoms with E-state index in [9.17, 15) is 9.59 Å². The van der Waals surface area contributed by atoms with Crippen LogP contribution in [0.4, 0.5) is 4.79 Å². The Labute approximate surface area is 103 Å². The van der Waals surface area contributed by atoms with E-state index in [1.807, 2.05) is 0 Å². The molecular weight excluding hydrogens is 240 g/mol. The lowest BCUT2D eigenvalue weighted by molar-refractivity contribution is 0.0561. The van der Waals surface area contributed by atoms with Crippen molar-refractivity contribution in [3.8, 4) is 0 Å². The van der Waals surface area contributed by atoms with E-state index in [0.29, 0.717) is 32.8 Å². The van der Waals surface area contributed by atoms with E-state index in [1.165, 1.54) is 0 Å². The van der Waals surface area contributed by atoms with Crippen LogP contribution in [0.3, 0.4) is 0 Å². The lowest BCUT2D eigenvalue weighted by atomic mass is 10.3. The van der Waals surface area contributed by atoms with Crippen molar-refractivity contribution in [2.45, 2.75) is 6.92 Å². The van der Waals surface area contributed by atoms with Crippen molar-refractivity contribution in [1.29, 1.82) is 0 Å². The number of carbonyl (C=O) groups excluding carboxylic acids is 2. The van der Waals surface area contributed by atoms with E-state index < -0.39 is 0 Å². The summed E-state index contributed by atoms with van der Waals surface area (Å²) in [4.78, 5) is 26.5. The summed E-state index contributed by atoms with van der Waals surface area (Å²) in [6.07, 6.45) is -0.343. The Morgan fingerprint density at radius 1 is 1.28 bits per heavy atom. The van der Waals surface area contributed by atoms with E-state index in [4.69, 9.17) is 4.74 Å². The topological polar surface area (TPSA) is 104 Å². The van der Waals surface area contributed by atoms with E-state index in [1.54, 1.807) is 16.7 Å². The van der Waals surface area contributed by atoms with Gasteiger partial charge in [0.15, 0.2) is 0 Å². The van der Waals surface area contributed by atoms with Gasteiger partial charge < -0.3 is 14.5 Å². The fraction of sp³-hybridized carbons (Fsp3) is 0.667. The van der Waals surface area contributed by atoms with E-state index in [0.717, 1.165) is 0 Å². The van der Waals surface area contributed by atoms with Crippen LogP contribution in [0.2, 0.25) is 0 Å². The Kier molecular flexibility index (Phi) is 3.70. The number of rotatable bonds is 2. The standard InChI is InChI=1S/C9H14N6O3/c1-2-18-9(17)15-5-3-14(4-6-15)8(16)7-10-12-13-11-7/h2-6H2,1H3,(H,10,11,12,13). The Hall–Kier alpha value is -2.19. The van der Waals surface area contributed by atoms with Gasteiger partial charge in [-0.1, -0.05) is 0 Å². The molecule has 9 nitrogen and oxygen atoms in total. The Balaban J connectivity index is 1.87. The third-order valence-corrected chi connectivity index (χ3v) is 2.63. The van der Waals surface area contributed by atoms with Gasteiger partial charge in [0.05, 0.1) is 6.61 Å². The van der Waals surface area contributed by atoms with Gasteiger partial charge in [-0.2, -0.15) is 5.21 Å². The van der Waals surface area contributed by atoms with Crippen LogP contribution in [0.25, 0.3) is 0 Å². The van der Waals surface area contributed by atoms with E-state index in [-0.39, 0.29) is 17.8 Å². The van der Waals surface area contributed by atoms with Crippen molar-refractivity contribution in [2.75, 3.05) is 32.8 Å². The largest absolute Gasteiger partial charge is 0.450 e. The number of tetrazole rings is 1. The fourth-order valence-electron chi connectivity index (χ4n) is 1.70. The number of piperazine rings is 1. The van der Waals surface area contributed by atoms with Crippen LogP contribution in [-0.4, -0.2) is 75.2 Å². The smallest absolute Gasteiger partial charge is 0.409 e. The molecule has 9 heteroatoms. The minimum Gasteiger partial charge on any atom is -0.450 e. The summed E-state index contributed by atoms with van der Waals surface area (Å²) in [6, 6.07) is 0. The Bertz CT molecular complexity index is 412. The van der Waals surface area contributed by atoms with E-state index in [2.05, 4.69) is 20.6 Å². The molecule has 0 saturated carbocycles. The zero-order chi connectivity index (χ0) is 13.0. The number of aromatic amines is 1. The second kappa shape index (κ2) is 5.43. The molecule has 0 aromatic carbocycles. The average molecular weight is 254 g/mol. The molecular formula is C9H14N6O3. The van der Waals surface area contributed by atoms with Crippen LogP contribution in [0.5, 0.6) is 0 Å². The van der Waals surface area contributed by atoms with Crippen molar-refractivity contribution >= 4 is 12.0 Å². The maximum absolute atomic E-state index is 11.9. The molecule has 1 aliphatic heterocycles. The van der Waals surface area contributed by atoms with Crippen LogP contribution in [-0.2, 0) is 4.74 Å². The highest BCUT2D eigenvalue weighted by atomic mass is 16.6. The molecule has 0 unspecified atom stereocenters. The van der Waals surface area contributed by atoms with Gasteiger partial charge in [0, 0.05) is 26.2 Å². The van der Waals surface area contributed by atoms with Crippen LogP contribution < -0.4 is 0 Å². The van der Waals surface area contributed by atoms with Crippen LogP contribution in [0.1, 0.15) is 17.5 Å². The number of hydrogen-bond acceptors (Lipinski definition) is 6. The number of amides is 2. The maximum Gasteiger partial charge on any atom is 0.409 e. The summed E-state index contributed by atoms with van der Waals surface area (Å²) < 4.78 is 4.89. The lowest BCUT2D eigenvalue weighted by Crippen LogP contribution is -2.50. The summed E-state index contributed by atoms with van der Waals surface area (Å²) in [6.45, 7) is 3.87. The number of nitrogens with one attached hydrogen (secondary N) is 1. The quantitative estimate of drug-likeness (QED) is 0.734. The van der Waals surface area contributed by atoms with Crippen molar-refractivity contribution in [3.63, 3.8) is 0 Å². The Morgan fingerprint density at radius 2 is 1.94 bits per heavy atom. The average Bonchev–Trinajstić information content (AvgIpc) is 2.92. The highest BCUT2D eigenvalue weighted by molar-refractivity contribution is 5.90. The molecule has 2 amide bonds. The minimum absolute atomic E-state index is 0.0413. The molecule has 1 N–H and O–H groups in total. The maximum atomic E-state index is 11.9. The van der Waals surface area contributed by atoms with Gasteiger partial charge in [-0.15, -0.1) is 10.2 Å². The molecule has 1 aromatic heterocycles. The molecule has 0 bridgehead atoms. The molecule has 0 radical (unpaired) electrons. The van der Waals surface area contributed by atoms with Gasteiger partial charge >= 0.3 is 6.09 Å². The van der Waals surface area contributed by atoms with Gasteiger partial charge in [0.2, 0.25) is 0 Å². The summed E-state index contributed by atoms with van der Waals surface area (Å²) in [7, 11) is 0. The molecule has 98 valence electrons. The first-order valence-corrected chi connectivity index (χ1v) is 5.66. The van der Waals surface area contributed by atoms with Gasteiger partial charge in [-0.05, 0) is 12.1 Å². The predicted molar refractivity (Wildman–Crippen MR) is 58.7 cm³/mol. The molecule has 18 heavy (non-hydrogen) atoms. The van der Waals surface area contributed by atoms with Gasteiger partial charge in [-0.25, -0.2) is 4.79 Å². The number of nitrogens with zero attached hydrogens (tertiary/aromatic N) is 5. The van der Waals surface area contributed by atoms with Gasteiger partial charge in [-0.3, -0.25) is 4.79 Å². The minimum atomic E-state index is -0.343. The number of carbonyl (C=O) groups is 2. The first-order chi connectivity index (χ1) is 8.72. The summed E-state index contributed by atoms with van der Waals surface area (Å²) in [5.41, 5.74) is 0. The van der Waals surface area contributed by atoms with Crippen molar-refractivity contribution in [2.24, 2.45) is 0 Å². The lowest BCUT2D eigenvalue weighted by Gasteiger charge is -2.33. The number of hydrogen-bond donors (Lipinski definition) is 1. The van der Waals surface area contributed by atoms with Crippen LogP contribution >= 0.6 is 0 Å². The monoisotopic (exact) mass is 254 g/mol. The van der Waals surface area contributed by atoms with E-state index >= 15 is 0 Å². The molecule has 1 aliphatic rings. The zero-order valence-electron chi connectivity index (χ0n) is 10.00. The first-order valence-electron chi connectivity index (χ1n) is 5.66. The second-order valence-electron chi connectivity index (χ2n) is 3.71. The molecule has 0 atom stereocenters. The van der Waals surface area contributed by atoms with Gasteiger partial charge in [0.25, 0.3) is 11.7 Å². The zero-order valence-corrected chi connectivity index (χ0v) is 10.00. The molecule has 2 heterocycles. The first kappa shape index (κ1) is 12.3. The summed E-state index contributed by atoms with van der Waals surface area (Å²) in [5, 5.41) is 12.8. The third kappa shape index (κ3) is 2.55. The number of aromatic nitrogens is 4. The highest BCUT2D eigenvalue weighted by Gasteiger charge is 2.27. The highest BCUT2D eigenvalue weighted by Crippen LogP contribution is 2.06. The molecule has 2 rings (SSSR count). The third-order valence-electron chi connectivity index (χ3n) is 2.63. The molecule has 1 saturated heterocycles. The number of H-pyrrole nitrogens is 1. The van der Waals surface area contributed by atoms with Crippen LogP contribution in [0, 0.1) is 0 Å². The normalized spacial score (nSPS) is 15.6. The molecule has 0 spiro atoms. The summed E-state index contributed by atoms with van der Waals surface area (Å²) >= 11 is 0. The molecule has 0 aliphatic carbocycles. The SMILES string of the molecule is CCOC(=O)N1CCN(C(=O)c2nn[nH]n2)CC1. The van der Waals surface area contributed by atoms with Crippen molar-refractivity contribution in [1.82, 2.24) is 30.4 Å². The predicted octanol–water partition coefficient (Wildman–Crippen LogP) is -0.886. The summed E-state index contributed by atoms with van der Waals surface area (Å²) in [5.74, 6) is -0.244.